The van der Waals surface area contributed by atoms with Gasteiger partial charge in [0.25, 0.3) is 0 Å². The Labute approximate surface area is 137 Å². The molecule has 0 aromatic carbocycles. The van der Waals surface area contributed by atoms with Crippen molar-refractivity contribution >= 4 is 5.69 Å². The van der Waals surface area contributed by atoms with Crippen LogP contribution in [0.2, 0.25) is 0 Å². The first kappa shape index (κ1) is 15.3. The van der Waals surface area contributed by atoms with Gasteiger partial charge in [-0.05, 0) is 37.3 Å². The molecule has 3 heterocycles. The molecule has 1 aromatic heterocycles. The molecule has 0 bridgehead atoms. The van der Waals surface area contributed by atoms with Gasteiger partial charge in [0, 0.05) is 62.9 Å². The maximum absolute atomic E-state index is 10.4. The molecule has 1 aliphatic carbocycles. The summed E-state index contributed by atoms with van der Waals surface area (Å²) in [5, 5.41) is 10.4. The highest BCUT2D eigenvalue weighted by Crippen LogP contribution is 2.35. The fraction of sp³-hybridized carbons (Fsp3) is 0.706. The molecule has 3 fully saturated rings. The van der Waals surface area contributed by atoms with Crippen LogP contribution in [0.1, 0.15) is 19.3 Å². The standard InChI is InChI=1S/C17H27N5O/c23-16-11-21(10-14-9-17(20-19-14)13-1-2-13)7-8-22(12-16)15-3-5-18-6-4-15/h3-6,13-14,16-17,19-20,23H,1-2,7-12H2. The average Bonchev–Trinajstić information content (AvgIpc) is 3.34. The third kappa shape index (κ3) is 3.83. The van der Waals surface area contributed by atoms with Crippen LogP contribution >= 0.6 is 0 Å². The monoisotopic (exact) mass is 317 g/mol. The second kappa shape index (κ2) is 6.73. The van der Waals surface area contributed by atoms with Crippen LogP contribution in [0.4, 0.5) is 5.69 Å². The summed E-state index contributed by atoms with van der Waals surface area (Å²) >= 11 is 0. The zero-order valence-corrected chi connectivity index (χ0v) is 13.6. The fourth-order valence-corrected chi connectivity index (χ4v) is 3.90. The Balaban J connectivity index is 1.32. The summed E-state index contributed by atoms with van der Waals surface area (Å²) in [6.07, 6.45) is 7.31. The highest BCUT2D eigenvalue weighted by molar-refractivity contribution is 5.44. The van der Waals surface area contributed by atoms with Crippen LogP contribution in [-0.2, 0) is 0 Å². The number of pyridine rings is 1. The first-order chi connectivity index (χ1) is 11.3. The molecule has 0 amide bonds. The quantitative estimate of drug-likeness (QED) is 0.738. The summed E-state index contributed by atoms with van der Waals surface area (Å²) in [4.78, 5) is 8.74. The number of rotatable bonds is 4. The minimum atomic E-state index is -0.306. The number of anilines is 1. The van der Waals surface area contributed by atoms with Crippen molar-refractivity contribution in [2.24, 2.45) is 5.92 Å². The summed E-state index contributed by atoms with van der Waals surface area (Å²) < 4.78 is 0. The Morgan fingerprint density at radius 3 is 2.74 bits per heavy atom. The number of nitrogens with one attached hydrogen (secondary N) is 2. The van der Waals surface area contributed by atoms with Gasteiger partial charge in [-0.2, -0.15) is 0 Å². The molecule has 2 aliphatic heterocycles. The van der Waals surface area contributed by atoms with Gasteiger partial charge in [-0.1, -0.05) is 0 Å². The number of nitrogens with zero attached hydrogens (tertiary/aromatic N) is 3. The molecule has 1 aromatic rings. The number of hydrogen-bond donors (Lipinski definition) is 3. The highest BCUT2D eigenvalue weighted by atomic mass is 16.3. The highest BCUT2D eigenvalue weighted by Gasteiger charge is 2.37. The van der Waals surface area contributed by atoms with E-state index in [1.165, 1.54) is 19.3 Å². The van der Waals surface area contributed by atoms with Crippen molar-refractivity contribution in [1.82, 2.24) is 20.7 Å². The van der Waals surface area contributed by atoms with E-state index in [4.69, 9.17) is 0 Å². The van der Waals surface area contributed by atoms with Crippen LogP contribution in [0.3, 0.4) is 0 Å². The minimum absolute atomic E-state index is 0.306. The number of hydrogen-bond acceptors (Lipinski definition) is 6. The van der Waals surface area contributed by atoms with Crippen LogP contribution in [-0.4, -0.2) is 65.9 Å². The molecular formula is C17H27N5O. The van der Waals surface area contributed by atoms with Gasteiger partial charge in [-0.25, -0.2) is 0 Å². The summed E-state index contributed by atoms with van der Waals surface area (Å²) in [5.41, 5.74) is 8.07. The predicted molar refractivity (Wildman–Crippen MR) is 90.1 cm³/mol. The lowest BCUT2D eigenvalue weighted by atomic mass is 10.1. The maximum Gasteiger partial charge on any atom is 0.0841 e. The van der Waals surface area contributed by atoms with E-state index in [2.05, 4.69) is 25.6 Å². The van der Waals surface area contributed by atoms with E-state index in [0.717, 1.165) is 37.8 Å². The van der Waals surface area contributed by atoms with Crippen LogP contribution in [0, 0.1) is 5.92 Å². The Morgan fingerprint density at radius 2 is 1.96 bits per heavy atom. The molecule has 4 rings (SSSR count). The Hall–Kier alpha value is -1.21. The van der Waals surface area contributed by atoms with Gasteiger partial charge in [-0.3, -0.25) is 20.7 Å². The number of aliphatic hydroxyl groups is 1. The van der Waals surface area contributed by atoms with Crippen molar-refractivity contribution in [3.05, 3.63) is 24.5 Å². The van der Waals surface area contributed by atoms with E-state index < -0.39 is 0 Å². The largest absolute Gasteiger partial charge is 0.390 e. The summed E-state index contributed by atoms with van der Waals surface area (Å²) in [6.45, 7) is 4.41. The van der Waals surface area contributed by atoms with Crippen LogP contribution < -0.4 is 15.8 Å². The number of aliphatic hydroxyl groups excluding tert-OH is 1. The minimum Gasteiger partial charge on any atom is -0.390 e. The Morgan fingerprint density at radius 1 is 1.13 bits per heavy atom. The molecule has 23 heavy (non-hydrogen) atoms. The van der Waals surface area contributed by atoms with Gasteiger partial charge in [0.2, 0.25) is 0 Å². The van der Waals surface area contributed by atoms with E-state index in [-0.39, 0.29) is 6.10 Å². The fourth-order valence-electron chi connectivity index (χ4n) is 3.90. The lowest BCUT2D eigenvalue weighted by Crippen LogP contribution is -2.43. The van der Waals surface area contributed by atoms with Gasteiger partial charge < -0.3 is 10.0 Å². The maximum atomic E-state index is 10.4. The average molecular weight is 317 g/mol. The molecule has 3 aliphatic rings. The first-order valence-electron chi connectivity index (χ1n) is 8.84. The van der Waals surface area contributed by atoms with Crippen molar-refractivity contribution in [1.29, 1.82) is 0 Å². The van der Waals surface area contributed by atoms with Gasteiger partial charge in [-0.15, -0.1) is 0 Å². The molecule has 6 heteroatoms. The Bertz CT molecular complexity index is 509. The van der Waals surface area contributed by atoms with E-state index in [9.17, 15) is 5.11 Å². The van der Waals surface area contributed by atoms with Crippen LogP contribution in [0.15, 0.2) is 24.5 Å². The van der Waals surface area contributed by atoms with Gasteiger partial charge in [0.15, 0.2) is 0 Å². The zero-order chi connectivity index (χ0) is 15.6. The molecule has 126 valence electrons. The van der Waals surface area contributed by atoms with Crippen molar-refractivity contribution in [3.63, 3.8) is 0 Å². The van der Waals surface area contributed by atoms with E-state index in [1.807, 2.05) is 24.5 Å². The van der Waals surface area contributed by atoms with Crippen molar-refractivity contribution < 1.29 is 5.11 Å². The number of aromatic nitrogens is 1. The number of hydrazine groups is 1. The molecule has 2 saturated heterocycles. The molecule has 3 atom stereocenters. The Kier molecular flexibility index (Phi) is 4.48. The summed E-state index contributed by atoms with van der Waals surface area (Å²) in [7, 11) is 0. The van der Waals surface area contributed by atoms with E-state index >= 15 is 0 Å². The SMILES string of the molecule is OC1CN(CC2CC(C3CC3)NN2)CCN(c2ccncc2)C1. The van der Waals surface area contributed by atoms with Crippen LogP contribution in [0.5, 0.6) is 0 Å². The molecule has 3 unspecified atom stereocenters. The third-order valence-corrected chi connectivity index (χ3v) is 5.30. The lowest BCUT2D eigenvalue weighted by Gasteiger charge is -2.24. The normalized spacial score (nSPS) is 32.9. The molecular weight excluding hydrogens is 290 g/mol. The third-order valence-electron chi connectivity index (χ3n) is 5.30. The van der Waals surface area contributed by atoms with Gasteiger partial charge >= 0.3 is 0 Å². The van der Waals surface area contributed by atoms with Gasteiger partial charge in [0.1, 0.15) is 0 Å². The molecule has 3 N–H and O–H groups in total. The molecule has 0 radical (unpaired) electrons. The topological polar surface area (TPSA) is 63.7 Å². The molecule has 0 spiro atoms. The number of β-amino-alcohol motifs (C(OH)–C–C–N with tert-alkyl or cyclic N) is 1. The second-order valence-electron chi connectivity index (χ2n) is 7.23. The van der Waals surface area contributed by atoms with Crippen LogP contribution in [0.25, 0.3) is 0 Å². The first-order valence-corrected chi connectivity index (χ1v) is 8.84. The lowest BCUT2D eigenvalue weighted by molar-refractivity contribution is 0.127. The van der Waals surface area contributed by atoms with E-state index in [0.29, 0.717) is 18.6 Å². The zero-order valence-electron chi connectivity index (χ0n) is 13.6. The summed E-state index contributed by atoms with van der Waals surface area (Å²) in [6, 6.07) is 5.20. The van der Waals surface area contributed by atoms with Crippen molar-refractivity contribution in [2.45, 2.75) is 37.5 Å². The molecule has 1 saturated carbocycles. The smallest absolute Gasteiger partial charge is 0.0841 e. The van der Waals surface area contributed by atoms with Crippen molar-refractivity contribution in [3.8, 4) is 0 Å². The second-order valence-corrected chi connectivity index (χ2v) is 7.23. The van der Waals surface area contributed by atoms with Crippen molar-refractivity contribution in [2.75, 3.05) is 37.6 Å². The molecule has 6 nitrogen and oxygen atoms in total. The van der Waals surface area contributed by atoms with E-state index in [1.54, 1.807) is 0 Å². The summed E-state index contributed by atoms with van der Waals surface area (Å²) in [5.74, 6) is 0.893. The predicted octanol–water partition coefficient (Wildman–Crippen LogP) is 0.210. The van der Waals surface area contributed by atoms with Gasteiger partial charge in [0.05, 0.1) is 6.10 Å².